The van der Waals surface area contributed by atoms with E-state index in [0.717, 1.165) is 60.8 Å². The molecule has 0 saturated carbocycles. The number of benzene rings is 2. The number of carbonyl (C=O) groups excluding carboxylic acids is 1. The second kappa shape index (κ2) is 12.6. The first-order chi connectivity index (χ1) is 19.6. The van der Waals surface area contributed by atoms with Crippen molar-refractivity contribution >= 4 is 23.3 Å². The van der Waals surface area contributed by atoms with Gasteiger partial charge >= 0.3 is 6.02 Å². The Morgan fingerprint density at radius 2 is 1.62 bits per heavy atom. The number of nitrogens with zero attached hydrogens (tertiary/aromatic N) is 4. The van der Waals surface area contributed by atoms with E-state index in [1.54, 1.807) is 31.3 Å². The molecule has 0 bridgehead atoms. The summed E-state index contributed by atoms with van der Waals surface area (Å²) >= 11 is 0. The van der Waals surface area contributed by atoms with Gasteiger partial charge in [0.1, 0.15) is 11.5 Å². The van der Waals surface area contributed by atoms with Crippen molar-refractivity contribution in [3.63, 3.8) is 0 Å². The molecule has 8 heteroatoms. The number of rotatable bonds is 9. The van der Waals surface area contributed by atoms with Crippen molar-refractivity contribution in [1.82, 2.24) is 9.91 Å². The lowest BCUT2D eigenvalue weighted by molar-refractivity contribution is -0.122. The molecule has 1 amide bonds. The first-order valence-electron chi connectivity index (χ1n) is 13.7. The zero-order valence-corrected chi connectivity index (χ0v) is 23.2. The van der Waals surface area contributed by atoms with E-state index >= 15 is 0 Å². The van der Waals surface area contributed by atoms with E-state index in [4.69, 9.17) is 14.2 Å². The molecule has 2 aromatic rings. The summed E-state index contributed by atoms with van der Waals surface area (Å²) in [6.07, 6.45) is 14.0. The molecule has 0 N–H and O–H groups in total. The predicted octanol–water partition coefficient (Wildman–Crippen LogP) is 5.78. The van der Waals surface area contributed by atoms with Gasteiger partial charge in [0.15, 0.2) is 5.76 Å². The summed E-state index contributed by atoms with van der Waals surface area (Å²) < 4.78 is 16.7. The monoisotopic (exact) mass is 540 g/mol. The predicted molar refractivity (Wildman–Crippen MR) is 158 cm³/mol. The molecule has 2 aliphatic heterocycles. The number of anilines is 2. The Kier molecular flexibility index (Phi) is 8.54. The third-order valence-electron chi connectivity index (χ3n) is 7.20. The van der Waals surface area contributed by atoms with Crippen molar-refractivity contribution < 1.29 is 19.0 Å². The lowest BCUT2D eigenvalue weighted by atomic mass is 9.99. The van der Waals surface area contributed by atoms with E-state index in [2.05, 4.69) is 53.0 Å². The molecule has 0 spiro atoms. The summed E-state index contributed by atoms with van der Waals surface area (Å²) in [4.78, 5) is 17.0. The topological polar surface area (TPSA) is 66.8 Å². The molecule has 5 rings (SSSR count). The summed E-state index contributed by atoms with van der Waals surface area (Å²) in [6.45, 7) is 5.88. The summed E-state index contributed by atoms with van der Waals surface area (Å²) in [7, 11) is 3.33. The van der Waals surface area contributed by atoms with Gasteiger partial charge in [0.05, 0.1) is 20.3 Å². The van der Waals surface area contributed by atoms with Gasteiger partial charge in [-0.2, -0.15) is 0 Å². The Morgan fingerprint density at radius 3 is 2.15 bits per heavy atom. The van der Waals surface area contributed by atoms with E-state index in [-0.39, 0.29) is 17.7 Å². The maximum absolute atomic E-state index is 13.2. The van der Waals surface area contributed by atoms with Crippen LogP contribution in [-0.4, -0.2) is 61.7 Å². The smallest absolute Gasteiger partial charge is 0.322 e. The molecule has 0 aromatic heterocycles. The molecule has 1 unspecified atom stereocenters. The van der Waals surface area contributed by atoms with Crippen LogP contribution in [0.4, 0.5) is 11.4 Å². The Bertz CT molecular complexity index is 1270. The van der Waals surface area contributed by atoms with Gasteiger partial charge in [0.2, 0.25) is 0 Å². The average molecular weight is 541 g/mol. The first-order valence-corrected chi connectivity index (χ1v) is 13.7. The number of hydrogen-bond acceptors (Lipinski definition) is 7. The minimum absolute atomic E-state index is 0.0672. The molecule has 208 valence electrons. The standard InChI is InChI=1S/C32H36N4O4/c1-4-20-35-31(37)30(40-32(35)33-34-21-6-5-7-22-34)23-24-8-10-25(11-9-24)36(26-12-16-28(38-2)17-13-26)27-14-18-29(39-3)19-15-27/h4,8-10,12-19,23,25H,1,5-7,11,20-22H2,2-3H3. The van der Waals surface area contributed by atoms with Gasteiger partial charge in [-0.05, 0) is 85.9 Å². The van der Waals surface area contributed by atoms with Crippen molar-refractivity contribution in [1.29, 1.82) is 0 Å². The fourth-order valence-electron chi connectivity index (χ4n) is 5.06. The van der Waals surface area contributed by atoms with Gasteiger partial charge in [0.25, 0.3) is 5.91 Å². The second-order valence-corrected chi connectivity index (χ2v) is 9.84. The van der Waals surface area contributed by atoms with Crippen LogP contribution in [0.15, 0.2) is 102 Å². The van der Waals surface area contributed by atoms with Crippen molar-refractivity contribution in [2.24, 2.45) is 5.10 Å². The molecular formula is C32H36N4O4. The SMILES string of the molecule is C=CCN1C(=O)C(=CC2=CCC(N(c3ccc(OC)cc3)c3ccc(OC)cc3)C=C2)OC1=NN1CCCCC1. The minimum Gasteiger partial charge on any atom is -0.497 e. The normalized spacial score (nSPS) is 20.9. The van der Waals surface area contributed by atoms with Gasteiger partial charge < -0.3 is 19.1 Å². The molecule has 1 aliphatic carbocycles. The summed E-state index contributed by atoms with van der Waals surface area (Å²) in [5.74, 6) is 1.68. The largest absolute Gasteiger partial charge is 0.497 e. The Labute approximate surface area is 236 Å². The molecular weight excluding hydrogens is 504 g/mol. The number of hydrogen-bond donors (Lipinski definition) is 0. The highest BCUT2D eigenvalue weighted by atomic mass is 16.5. The molecule has 2 heterocycles. The van der Waals surface area contributed by atoms with E-state index in [1.807, 2.05) is 35.4 Å². The van der Waals surface area contributed by atoms with E-state index in [9.17, 15) is 4.79 Å². The van der Waals surface area contributed by atoms with E-state index in [0.29, 0.717) is 12.6 Å². The number of piperidine rings is 1. The van der Waals surface area contributed by atoms with E-state index in [1.165, 1.54) is 6.42 Å². The van der Waals surface area contributed by atoms with Crippen LogP contribution in [0.25, 0.3) is 0 Å². The van der Waals surface area contributed by atoms with Crippen molar-refractivity contribution in [2.75, 3.05) is 38.8 Å². The molecule has 2 aromatic carbocycles. The maximum Gasteiger partial charge on any atom is 0.322 e. The van der Waals surface area contributed by atoms with Gasteiger partial charge in [-0.1, -0.05) is 24.3 Å². The lowest BCUT2D eigenvalue weighted by Crippen LogP contribution is -2.34. The summed E-state index contributed by atoms with van der Waals surface area (Å²) in [5.41, 5.74) is 3.01. The van der Waals surface area contributed by atoms with Gasteiger partial charge in [-0.15, -0.1) is 11.7 Å². The maximum atomic E-state index is 13.2. The van der Waals surface area contributed by atoms with Crippen LogP contribution in [0.3, 0.4) is 0 Å². The molecule has 2 saturated heterocycles. The van der Waals surface area contributed by atoms with Crippen LogP contribution in [0.2, 0.25) is 0 Å². The Morgan fingerprint density at radius 1 is 1.00 bits per heavy atom. The minimum atomic E-state index is -0.204. The molecule has 8 nitrogen and oxygen atoms in total. The summed E-state index contributed by atoms with van der Waals surface area (Å²) in [6, 6.07) is 16.5. The molecule has 2 fully saturated rings. The highest BCUT2D eigenvalue weighted by molar-refractivity contribution is 6.09. The lowest BCUT2D eigenvalue weighted by Gasteiger charge is -2.33. The van der Waals surface area contributed by atoms with Gasteiger partial charge in [-0.25, -0.2) is 0 Å². The van der Waals surface area contributed by atoms with Crippen LogP contribution < -0.4 is 14.4 Å². The number of allylic oxidation sites excluding steroid dienone is 3. The molecule has 3 aliphatic rings. The zero-order chi connectivity index (χ0) is 27.9. The average Bonchev–Trinajstić information content (AvgIpc) is 3.28. The number of hydrazone groups is 1. The fourth-order valence-corrected chi connectivity index (χ4v) is 5.06. The molecule has 40 heavy (non-hydrogen) atoms. The Balaban J connectivity index is 1.36. The zero-order valence-electron chi connectivity index (χ0n) is 23.2. The first kappa shape index (κ1) is 27.1. The number of methoxy groups -OCH3 is 2. The number of amides is 1. The fraction of sp³-hybridized carbons (Fsp3) is 0.312. The highest BCUT2D eigenvalue weighted by Crippen LogP contribution is 2.34. The van der Waals surface area contributed by atoms with Crippen LogP contribution in [0.5, 0.6) is 11.5 Å². The van der Waals surface area contributed by atoms with Gasteiger partial charge in [-0.3, -0.25) is 14.7 Å². The van der Waals surface area contributed by atoms with Crippen molar-refractivity contribution in [2.45, 2.75) is 31.7 Å². The molecule has 0 radical (unpaired) electrons. The van der Waals surface area contributed by atoms with Crippen molar-refractivity contribution in [3.05, 3.63) is 96.8 Å². The number of carbonyl (C=O) groups is 1. The highest BCUT2D eigenvalue weighted by Gasteiger charge is 2.35. The van der Waals surface area contributed by atoms with Crippen LogP contribution in [-0.2, 0) is 9.53 Å². The Hall–Kier alpha value is -4.46. The third kappa shape index (κ3) is 6.06. The van der Waals surface area contributed by atoms with Crippen LogP contribution in [0, 0.1) is 0 Å². The number of amidine groups is 1. The van der Waals surface area contributed by atoms with Crippen LogP contribution >= 0.6 is 0 Å². The quantitative estimate of drug-likeness (QED) is 0.297. The summed E-state index contributed by atoms with van der Waals surface area (Å²) in [5, 5.41) is 6.63. The van der Waals surface area contributed by atoms with Gasteiger partial charge in [0, 0.05) is 31.0 Å². The van der Waals surface area contributed by atoms with E-state index < -0.39 is 0 Å². The third-order valence-corrected chi connectivity index (χ3v) is 7.20. The van der Waals surface area contributed by atoms with Crippen LogP contribution in [0.1, 0.15) is 25.7 Å². The van der Waals surface area contributed by atoms with Crippen molar-refractivity contribution in [3.8, 4) is 11.5 Å². The number of ether oxygens (including phenoxy) is 3. The molecule has 1 atom stereocenters. The second-order valence-electron chi connectivity index (χ2n) is 9.84.